The molecule has 0 saturated carbocycles. The van der Waals surface area contributed by atoms with Gasteiger partial charge in [0, 0.05) is 73.9 Å². The van der Waals surface area contributed by atoms with Gasteiger partial charge in [-0.1, -0.05) is 12.1 Å². The van der Waals surface area contributed by atoms with Crippen LogP contribution in [-0.2, 0) is 44.7 Å². The van der Waals surface area contributed by atoms with Crippen LogP contribution in [0.4, 0.5) is 31.8 Å². The van der Waals surface area contributed by atoms with Crippen molar-refractivity contribution < 1.29 is 27.8 Å². The number of amides is 2. The number of benzene rings is 2. The van der Waals surface area contributed by atoms with Gasteiger partial charge < -0.3 is 39.0 Å². The van der Waals surface area contributed by atoms with Crippen LogP contribution in [0, 0.1) is 11.6 Å². The van der Waals surface area contributed by atoms with Gasteiger partial charge in [0.2, 0.25) is 11.8 Å². The van der Waals surface area contributed by atoms with Crippen molar-refractivity contribution in [3.05, 3.63) is 104 Å². The number of fused-ring (bicyclic) bond motifs is 2. The highest BCUT2D eigenvalue weighted by Gasteiger charge is 2.29. The molecule has 4 aliphatic rings. The van der Waals surface area contributed by atoms with E-state index in [0.717, 1.165) is 0 Å². The summed E-state index contributed by atoms with van der Waals surface area (Å²) in [6, 6.07) is 12.4. The number of carbonyl (C=O) groups excluding carboxylic acids is 2. The van der Waals surface area contributed by atoms with Gasteiger partial charge in [-0.15, -0.1) is 0 Å². The lowest BCUT2D eigenvalue weighted by molar-refractivity contribution is -0.118. The number of nitrogens with one attached hydrogen (secondary N) is 2. The van der Waals surface area contributed by atoms with Gasteiger partial charge in [-0.05, 0) is 51.0 Å². The Labute approximate surface area is 309 Å². The van der Waals surface area contributed by atoms with Crippen molar-refractivity contribution in [2.45, 2.75) is 51.7 Å². The van der Waals surface area contributed by atoms with Gasteiger partial charge in [-0.25, -0.2) is 18.7 Å². The molecule has 14 nitrogen and oxygen atoms in total. The maximum atomic E-state index is 13.9. The molecule has 2 fully saturated rings. The molecule has 2 unspecified atom stereocenters. The van der Waals surface area contributed by atoms with Gasteiger partial charge in [-0.3, -0.25) is 19.2 Å². The fraction of sp³-hybridized carbons (Fsp3) is 0.421. The summed E-state index contributed by atoms with van der Waals surface area (Å²) < 4.78 is 38.8. The zero-order chi connectivity index (χ0) is 37.9. The highest BCUT2D eigenvalue weighted by atomic mass is 19.1. The van der Waals surface area contributed by atoms with Gasteiger partial charge in [-0.2, -0.15) is 0 Å². The van der Waals surface area contributed by atoms with Crippen LogP contribution in [0.5, 0.6) is 0 Å². The Kier molecular flexibility index (Phi) is 10.8. The van der Waals surface area contributed by atoms with Crippen molar-refractivity contribution in [3.63, 3.8) is 0 Å². The first kappa shape index (κ1) is 36.9. The van der Waals surface area contributed by atoms with E-state index in [1.165, 1.54) is 24.3 Å². The molecule has 4 aliphatic heterocycles. The molecule has 0 radical (unpaired) electrons. The van der Waals surface area contributed by atoms with Gasteiger partial charge in [0.15, 0.2) is 0 Å². The largest absolute Gasteiger partial charge is 0.375 e. The topological polar surface area (TPSA) is 157 Å². The summed E-state index contributed by atoms with van der Waals surface area (Å²) in [6.07, 6.45) is 1.01. The minimum absolute atomic E-state index is 0.0427. The number of rotatable bonds is 6. The lowest BCUT2D eigenvalue weighted by atomic mass is 10.1. The molecule has 2 atom stereocenters. The number of hydrogen-bond acceptors (Lipinski definition) is 10. The third-order valence-electron chi connectivity index (χ3n) is 9.86. The summed E-state index contributed by atoms with van der Waals surface area (Å²) >= 11 is 0. The molecule has 54 heavy (non-hydrogen) atoms. The first-order chi connectivity index (χ1) is 26.0. The summed E-state index contributed by atoms with van der Waals surface area (Å²) in [5, 5.41) is 0. The molecule has 2 N–H and O–H groups in total. The van der Waals surface area contributed by atoms with Crippen LogP contribution in [0.15, 0.2) is 58.1 Å². The Morgan fingerprint density at radius 2 is 1.13 bits per heavy atom. The van der Waals surface area contributed by atoms with Crippen LogP contribution in [0.1, 0.15) is 36.6 Å². The van der Waals surface area contributed by atoms with Crippen LogP contribution >= 0.6 is 0 Å². The quantitative estimate of drug-likeness (QED) is 0.301. The third-order valence-corrected chi connectivity index (χ3v) is 9.86. The number of hydrogen-bond donors (Lipinski definition) is 2. The van der Waals surface area contributed by atoms with E-state index in [1.807, 2.05) is 23.6 Å². The number of halogens is 2. The minimum atomic E-state index is -0.296. The van der Waals surface area contributed by atoms with Crippen LogP contribution in [0.25, 0.3) is 0 Å². The average Bonchev–Trinajstić information content (AvgIpc) is 3.78. The smallest absolute Gasteiger partial charge is 0.252 e. The van der Waals surface area contributed by atoms with Crippen molar-refractivity contribution in [1.29, 1.82) is 0 Å². The molecule has 0 spiro atoms. The number of carbonyl (C=O) groups is 2. The average molecular weight is 745 g/mol. The first-order valence-electron chi connectivity index (χ1n) is 18.1. The summed E-state index contributed by atoms with van der Waals surface area (Å²) in [6.45, 7) is 8.51. The molecule has 2 amide bonds. The Balaban J connectivity index is 0.000000167. The molecular formula is C38H42F2N8O6. The van der Waals surface area contributed by atoms with E-state index in [2.05, 4.69) is 19.9 Å². The predicted molar refractivity (Wildman–Crippen MR) is 197 cm³/mol. The lowest BCUT2D eigenvalue weighted by Crippen LogP contribution is -2.42. The van der Waals surface area contributed by atoms with Gasteiger partial charge in [0.05, 0.1) is 38.3 Å². The van der Waals surface area contributed by atoms with Gasteiger partial charge in [0.1, 0.15) is 34.9 Å². The zero-order valence-corrected chi connectivity index (χ0v) is 30.1. The normalized spacial score (nSPS) is 19.3. The molecule has 8 rings (SSSR count). The number of ether oxygens (including phenoxy) is 2. The molecule has 0 bridgehead atoms. The van der Waals surface area contributed by atoms with Crippen LogP contribution in [0.2, 0.25) is 0 Å². The van der Waals surface area contributed by atoms with Crippen molar-refractivity contribution in [3.8, 4) is 0 Å². The maximum absolute atomic E-state index is 13.9. The van der Waals surface area contributed by atoms with E-state index in [1.54, 1.807) is 34.1 Å². The molecule has 284 valence electrons. The first-order valence-corrected chi connectivity index (χ1v) is 18.1. The molecule has 2 aromatic heterocycles. The van der Waals surface area contributed by atoms with Crippen molar-refractivity contribution in [2.75, 3.05) is 72.1 Å². The summed E-state index contributed by atoms with van der Waals surface area (Å²) in [7, 11) is 0. The van der Waals surface area contributed by atoms with E-state index in [4.69, 9.17) is 9.47 Å². The summed E-state index contributed by atoms with van der Waals surface area (Å²) in [4.78, 5) is 70.9. The molecule has 6 heterocycles. The Hall–Kier alpha value is -5.48. The minimum Gasteiger partial charge on any atom is -0.375 e. The van der Waals surface area contributed by atoms with E-state index >= 15 is 0 Å². The number of aromatic amines is 2. The lowest BCUT2D eigenvalue weighted by Gasteiger charge is -2.32. The van der Waals surface area contributed by atoms with E-state index in [0.29, 0.717) is 111 Å². The van der Waals surface area contributed by atoms with Crippen LogP contribution < -0.4 is 30.7 Å². The number of aromatic nitrogens is 4. The van der Waals surface area contributed by atoms with Crippen LogP contribution in [0.3, 0.4) is 0 Å². The molecule has 16 heteroatoms. The molecule has 2 aromatic carbocycles. The Morgan fingerprint density at radius 3 is 1.54 bits per heavy atom. The molecule has 0 aliphatic carbocycles. The Morgan fingerprint density at radius 1 is 0.704 bits per heavy atom. The summed E-state index contributed by atoms with van der Waals surface area (Å²) in [5.74, 6) is 0.702. The molecule has 4 aromatic rings. The summed E-state index contributed by atoms with van der Waals surface area (Å²) in [5.41, 5.74) is 1.72. The maximum Gasteiger partial charge on any atom is 0.252 e. The molecular weight excluding hydrogens is 702 g/mol. The highest BCUT2D eigenvalue weighted by molar-refractivity contribution is 5.97. The van der Waals surface area contributed by atoms with Crippen LogP contribution in [-0.4, -0.2) is 96.4 Å². The Bertz CT molecular complexity index is 2010. The second kappa shape index (κ2) is 15.9. The van der Waals surface area contributed by atoms with Crippen molar-refractivity contribution >= 4 is 34.8 Å². The second-order valence-corrected chi connectivity index (χ2v) is 13.8. The van der Waals surface area contributed by atoms with Crippen molar-refractivity contribution in [1.82, 2.24) is 19.9 Å². The van der Waals surface area contributed by atoms with Crippen molar-refractivity contribution in [2.24, 2.45) is 0 Å². The standard InChI is InChI=1S/2C19H21FN4O3/c2*1-12-11-23(7-8-27-12)17-10-18(25)22-16(21-17)9-19(26)24-6-5-13-14(20)3-2-4-15(13)24/h2*2-4,10,12H,5-9,11H2,1H3,(H,21,22,25). The fourth-order valence-corrected chi connectivity index (χ4v) is 7.31. The predicted octanol–water partition coefficient (Wildman–Crippen LogP) is 2.53. The number of H-pyrrole nitrogens is 2. The van der Waals surface area contributed by atoms with E-state index in [9.17, 15) is 28.0 Å². The van der Waals surface area contributed by atoms with Gasteiger partial charge >= 0.3 is 0 Å². The zero-order valence-electron chi connectivity index (χ0n) is 30.1. The number of nitrogens with zero attached hydrogens (tertiary/aromatic N) is 6. The monoisotopic (exact) mass is 744 g/mol. The highest BCUT2D eigenvalue weighted by Crippen LogP contribution is 2.31. The van der Waals surface area contributed by atoms with Gasteiger partial charge in [0.25, 0.3) is 11.1 Å². The number of anilines is 4. The fourth-order valence-electron chi connectivity index (χ4n) is 7.31. The SMILES string of the molecule is CC1CN(c2cc(=O)[nH]c(CC(=O)N3CCc4c(F)cccc43)n2)CCO1.CC1CN(c2cc(=O)[nH]c(CC(=O)N3CCc4c(F)cccc43)n2)CCO1. The molecule has 2 saturated heterocycles. The second-order valence-electron chi connectivity index (χ2n) is 13.8. The van der Waals surface area contributed by atoms with E-state index < -0.39 is 0 Å². The third kappa shape index (κ3) is 8.19. The van der Waals surface area contributed by atoms with E-state index in [-0.39, 0.29) is 59.6 Å². The number of morpholine rings is 2.